The largest absolute Gasteiger partial charge is 0.336 e. The first-order valence-electron chi connectivity index (χ1n) is 10.8. The highest BCUT2D eigenvalue weighted by Crippen LogP contribution is 2.49. The fourth-order valence-corrected chi connectivity index (χ4v) is 6.81. The number of fused-ring (bicyclic) bond motifs is 1. The summed E-state index contributed by atoms with van der Waals surface area (Å²) in [6.45, 7) is 2.05. The Hall–Kier alpha value is -1.46. The Bertz CT molecular complexity index is 1010. The zero-order valence-corrected chi connectivity index (χ0v) is 20.6. The van der Waals surface area contributed by atoms with Gasteiger partial charge in [0.1, 0.15) is 6.04 Å². The average molecular weight is 501 g/mol. The van der Waals surface area contributed by atoms with E-state index in [-0.39, 0.29) is 24.4 Å². The van der Waals surface area contributed by atoms with Gasteiger partial charge >= 0.3 is 0 Å². The van der Waals surface area contributed by atoms with Crippen molar-refractivity contribution in [2.24, 2.45) is 11.8 Å². The van der Waals surface area contributed by atoms with E-state index in [9.17, 15) is 18.0 Å². The Labute approximate surface area is 198 Å². The maximum Gasteiger partial charge on any atom is 0.242 e. The van der Waals surface area contributed by atoms with Crippen LogP contribution in [0.1, 0.15) is 24.1 Å². The highest BCUT2D eigenvalue weighted by atomic mass is 35.5. The smallest absolute Gasteiger partial charge is 0.242 e. The lowest BCUT2D eigenvalue weighted by Gasteiger charge is -2.35. The molecule has 1 aliphatic carbocycles. The van der Waals surface area contributed by atoms with Crippen LogP contribution in [0, 0.1) is 11.8 Å². The van der Waals surface area contributed by atoms with Crippen LogP contribution in [-0.4, -0.2) is 87.3 Å². The lowest BCUT2D eigenvalue weighted by Crippen LogP contribution is -2.55. The Kier molecular flexibility index (Phi) is 6.97. The Balaban J connectivity index is 1.35. The lowest BCUT2D eigenvalue weighted by molar-refractivity contribution is -0.144. The number of likely N-dealkylation sites (tertiary alicyclic amines) is 2. The van der Waals surface area contributed by atoms with Gasteiger partial charge in [0.2, 0.25) is 21.8 Å². The zero-order valence-electron chi connectivity index (χ0n) is 18.2. The molecule has 176 valence electrons. The number of nitrogens with one attached hydrogen (secondary N) is 1. The van der Waals surface area contributed by atoms with Crippen LogP contribution in [-0.2, 0) is 19.6 Å². The number of thiophene rings is 1. The third-order valence-corrected chi connectivity index (χ3v) is 8.65. The summed E-state index contributed by atoms with van der Waals surface area (Å²) in [4.78, 5) is 32.2. The quantitative estimate of drug-likeness (QED) is 0.586. The van der Waals surface area contributed by atoms with Crippen molar-refractivity contribution in [2.75, 3.05) is 40.3 Å². The number of amides is 2. The second-order valence-electron chi connectivity index (χ2n) is 9.10. The highest BCUT2D eigenvalue weighted by Gasteiger charge is 2.53. The fraction of sp³-hybridized carbons (Fsp3) is 0.619. The summed E-state index contributed by atoms with van der Waals surface area (Å²) in [5.41, 5.74) is 0. The van der Waals surface area contributed by atoms with E-state index in [4.69, 9.17) is 11.6 Å². The molecule has 0 radical (unpaired) electrons. The molecule has 32 heavy (non-hydrogen) atoms. The van der Waals surface area contributed by atoms with Crippen molar-refractivity contribution < 1.29 is 18.0 Å². The molecule has 3 aliphatic rings. The van der Waals surface area contributed by atoms with Crippen LogP contribution in [0.2, 0.25) is 4.34 Å². The molecule has 4 atom stereocenters. The molecule has 3 unspecified atom stereocenters. The van der Waals surface area contributed by atoms with E-state index >= 15 is 0 Å². The average Bonchev–Trinajstić information content (AvgIpc) is 3.22. The van der Waals surface area contributed by atoms with E-state index in [1.54, 1.807) is 12.1 Å². The lowest BCUT2D eigenvalue weighted by atomic mass is 10.1. The number of carbonyl (C=O) groups excluding carboxylic acids is 2. The van der Waals surface area contributed by atoms with Crippen molar-refractivity contribution in [2.45, 2.75) is 31.3 Å². The van der Waals surface area contributed by atoms with E-state index in [1.165, 1.54) is 28.7 Å². The van der Waals surface area contributed by atoms with Crippen molar-refractivity contribution in [1.82, 2.24) is 19.4 Å². The van der Waals surface area contributed by atoms with Crippen LogP contribution >= 0.6 is 22.9 Å². The molecular formula is C21H29ClN4O4S2. The van der Waals surface area contributed by atoms with Gasteiger partial charge in [0.25, 0.3) is 0 Å². The topological polar surface area (TPSA) is 90.0 Å². The summed E-state index contributed by atoms with van der Waals surface area (Å²) >= 11 is 7.14. The fourth-order valence-electron chi connectivity index (χ4n) is 4.74. The molecule has 0 aromatic carbocycles. The van der Waals surface area contributed by atoms with E-state index in [2.05, 4.69) is 9.62 Å². The van der Waals surface area contributed by atoms with Crippen molar-refractivity contribution in [1.29, 1.82) is 0 Å². The van der Waals surface area contributed by atoms with E-state index in [0.29, 0.717) is 40.4 Å². The number of nitrogens with zero attached hydrogens (tertiary/aromatic N) is 3. The molecule has 2 amide bonds. The van der Waals surface area contributed by atoms with Crippen molar-refractivity contribution in [3.05, 3.63) is 26.8 Å². The Morgan fingerprint density at radius 2 is 2.16 bits per heavy atom. The molecule has 11 heteroatoms. The molecule has 2 saturated heterocycles. The third-order valence-electron chi connectivity index (χ3n) is 6.34. The minimum atomic E-state index is -3.81. The highest BCUT2D eigenvalue weighted by molar-refractivity contribution is 7.92. The Morgan fingerprint density at radius 1 is 1.38 bits per heavy atom. The molecule has 3 heterocycles. The van der Waals surface area contributed by atoms with Crippen LogP contribution in [0.15, 0.2) is 17.5 Å². The number of rotatable bonds is 8. The van der Waals surface area contributed by atoms with Crippen LogP contribution in [0.25, 0.3) is 6.08 Å². The Morgan fingerprint density at radius 3 is 2.84 bits per heavy atom. The van der Waals surface area contributed by atoms with Crippen molar-refractivity contribution in [3.8, 4) is 0 Å². The van der Waals surface area contributed by atoms with Crippen LogP contribution in [0.5, 0.6) is 0 Å². The van der Waals surface area contributed by atoms with E-state index < -0.39 is 16.1 Å². The number of hydrogen-bond acceptors (Lipinski definition) is 6. The molecule has 4 rings (SSSR count). The molecular weight excluding hydrogens is 472 g/mol. The molecule has 1 saturated carbocycles. The van der Waals surface area contributed by atoms with E-state index in [1.807, 2.05) is 19.0 Å². The van der Waals surface area contributed by atoms with Gasteiger partial charge in [-0.1, -0.05) is 11.6 Å². The second-order valence-corrected chi connectivity index (χ2v) is 12.4. The minimum absolute atomic E-state index is 0.00393. The summed E-state index contributed by atoms with van der Waals surface area (Å²) in [6, 6.07) is 2.76. The summed E-state index contributed by atoms with van der Waals surface area (Å²) in [5, 5.41) is 1.05. The van der Waals surface area contributed by atoms with Gasteiger partial charge in [-0.25, -0.2) is 8.42 Å². The second kappa shape index (κ2) is 9.42. The number of likely N-dealkylation sites (N-methyl/N-ethyl adjacent to an activating group) is 1. The molecule has 3 fully saturated rings. The van der Waals surface area contributed by atoms with Crippen LogP contribution < -0.4 is 4.72 Å². The maximum absolute atomic E-state index is 13.0. The third kappa shape index (κ3) is 5.53. The molecule has 1 aromatic heterocycles. The number of sulfonamides is 1. The van der Waals surface area contributed by atoms with E-state index in [0.717, 1.165) is 18.5 Å². The first-order chi connectivity index (χ1) is 15.1. The van der Waals surface area contributed by atoms with Gasteiger partial charge < -0.3 is 14.7 Å². The first kappa shape index (κ1) is 23.7. The predicted molar refractivity (Wildman–Crippen MR) is 126 cm³/mol. The first-order valence-corrected chi connectivity index (χ1v) is 13.6. The standard InChI is InChI=1S/C21H29ClN4O4S2/c1-24(2)12-18-16-10-14(16)11-26(18)20(27)13-25-8-3-4-17(21(25)28)23-32(29,30)9-7-15-5-6-19(22)31-15/h5-7,9,14,16-18,23H,3-4,8,10-13H2,1-2H3/b9-7+/t14?,16?,17-,18?/m0/s1. The van der Waals surface area contributed by atoms with Gasteiger partial charge in [0, 0.05) is 36.0 Å². The molecule has 2 aliphatic heterocycles. The van der Waals surface area contributed by atoms with Crippen molar-refractivity contribution in [3.63, 3.8) is 0 Å². The van der Waals surface area contributed by atoms with Gasteiger partial charge in [0.15, 0.2) is 0 Å². The molecule has 0 bridgehead atoms. The van der Waals surface area contributed by atoms with Gasteiger partial charge in [-0.05, 0) is 63.4 Å². The van der Waals surface area contributed by atoms with Crippen LogP contribution in [0.3, 0.4) is 0 Å². The molecule has 8 nitrogen and oxygen atoms in total. The number of halogens is 1. The molecule has 0 spiro atoms. The van der Waals surface area contributed by atoms with Gasteiger partial charge in [-0.2, -0.15) is 4.72 Å². The normalized spacial score (nSPS) is 28.1. The minimum Gasteiger partial charge on any atom is -0.336 e. The van der Waals surface area contributed by atoms with Gasteiger partial charge in [0.05, 0.1) is 10.9 Å². The summed E-state index contributed by atoms with van der Waals surface area (Å²) in [6.07, 6.45) is 3.69. The molecule has 1 N–H and O–H groups in total. The number of hydrogen-bond donors (Lipinski definition) is 1. The van der Waals surface area contributed by atoms with Gasteiger partial charge in [-0.15, -0.1) is 11.3 Å². The SMILES string of the molecule is CN(C)CC1C2CC2CN1C(=O)CN1CCC[C@H](NS(=O)(=O)/C=C/c2ccc(Cl)s2)C1=O. The summed E-state index contributed by atoms with van der Waals surface area (Å²) in [5.74, 6) is 0.776. The number of piperidine rings is 2. The van der Waals surface area contributed by atoms with Crippen LogP contribution in [0.4, 0.5) is 0 Å². The van der Waals surface area contributed by atoms with Gasteiger partial charge in [-0.3, -0.25) is 9.59 Å². The maximum atomic E-state index is 13.0. The van der Waals surface area contributed by atoms with Crippen molar-refractivity contribution >= 4 is 50.9 Å². The summed E-state index contributed by atoms with van der Waals surface area (Å²) < 4.78 is 28.0. The monoisotopic (exact) mass is 500 g/mol. The summed E-state index contributed by atoms with van der Waals surface area (Å²) in [7, 11) is 0.200. The molecule has 1 aromatic rings. The number of carbonyl (C=O) groups is 2. The zero-order chi connectivity index (χ0) is 23.0. The predicted octanol–water partition coefficient (Wildman–Crippen LogP) is 1.69.